The Morgan fingerprint density at radius 3 is 2.78 bits per heavy atom. The van der Waals surface area contributed by atoms with Crippen LogP contribution in [-0.2, 0) is 0 Å². The predicted molar refractivity (Wildman–Crippen MR) is 61.8 cm³/mol. The Bertz CT molecular complexity index is 596. The zero-order valence-corrected chi connectivity index (χ0v) is 9.01. The fourth-order valence-electron chi connectivity index (χ4n) is 1.42. The fraction of sp³-hybridized carbons (Fsp3) is 0. The van der Waals surface area contributed by atoms with Crippen molar-refractivity contribution in [3.63, 3.8) is 0 Å². The molecule has 92 valence electrons. The summed E-state index contributed by atoms with van der Waals surface area (Å²) in [6.45, 7) is 0. The van der Waals surface area contributed by atoms with Crippen molar-refractivity contribution in [2.75, 3.05) is 5.32 Å². The number of aromatic nitrogens is 1. The highest BCUT2D eigenvalue weighted by Gasteiger charge is 2.17. The molecule has 18 heavy (non-hydrogen) atoms. The molecule has 2 N–H and O–H groups in total. The first-order valence-electron chi connectivity index (χ1n) is 4.96. The number of nitro groups is 1. The van der Waals surface area contributed by atoms with Gasteiger partial charge in [0.05, 0.1) is 11.0 Å². The van der Waals surface area contributed by atoms with Gasteiger partial charge in [-0.15, -0.1) is 0 Å². The summed E-state index contributed by atoms with van der Waals surface area (Å²) < 4.78 is 12.9. The maximum atomic E-state index is 12.9. The average Bonchev–Trinajstić information content (AvgIpc) is 2.84. The van der Waals surface area contributed by atoms with Gasteiger partial charge in [0.2, 0.25) is 0 Å². The van der Waals surface area contributed by atoms with Crippen molar-refractivity contribution in [2.24, 2.45) is 0 Å². The van der Waals surface area contributed by atoms with E-state index < -0.39 is 22.3 Å². The molecule has 0 radical (unpaired) electrons. The van der Waals surface area contributed by atoms with Gasteiger partial charge in [0.25, 0.3) is 11.6 Å². The first-order valence-corrected chi connectivity index (χ1v) is 4.96. The van der Waals surface area contributed by atoms with E-state index in [0.29, 0.717) is 0 Å². The van der Waals surface area contributed by atoms with Crippen molar-refractivity contribution in [1.82, 2.24) is 4.98 Å². The standard InChI is InChI=1S/C11H8FN3O3/c12-7-3-4-8(10(6-7)15(17)18)14-11(16)9-2-1-5-13-9/h1-6,13H,(H,14,16). The van der Waals surface area contributed by atoms with E-state index in [9.17, 15) is 19.3 Å². The Kier molecular flexibility index (Phi) is 3.05. The molecule has 0 fully saturated rings. The molecule has 7 heteroatoms. The fourth-order valence-corrected chi connectivity index (χ4v) is 1.42. The molecule has 1 aromatic heterocycles. The number of nitrogens with one attached hydrogen (secondary N) is 2. The largest absolute Gasteiger partial charge is 0.357 e. The first-order chi connectivity index (χ1) is 8.58. The van der Waals surface area contributed by atoms with Gasteiger partial charge in [-0.25, -0.2) is 4.39 Å². The highest BCUT2D eigenvalue weighted by atomic mass is 19.1. The Hall–Kier alpha value is -2.70. The topological polar surface area (TPSA) is 88.0 Å². The predicted octanol–water partition coefficient (Wildman–Crippen LogP) is 2.31. The van der Waals surface area contributed by atoms with Crippen LogP contribution in [0, 0.1) is 15.9 Å². The van der Waals surface area contributed by atoms with Crippen molar-refractivity contribution >= 4 is 17.3 Å². The number of nitro benzene ring substituents is 1. The molecule has 0 aliphatic carbocycles. The van der Waals surface area contributed by atoms with Gasteiger partial charge in [-0.05, 0) is 24.3 Å². The number of hydrogen-bond donors (Lipinski definition) is 2. The van der Waals surface area contributed by atoms with Crippen LogP contribution >= 0.6 is 0 Å². The Morgan fingerprint density at radius 1 is 1.39 bits per heavy atom. The monoisotopic (exact) mass is 249 g/mol. The van der Waals surface area contributed by atoms with Crippen LogP contribution in [0.5, 0.6) is 0 Å². The second-order valence-corrected chi connectivity index (χ2v) is 3.46. The van der Waals surface area contributed by atoms with E-state index in [1.807, 2.05) is 0 Å². The highest BCUT2D eigenvalue weighted by Crippen LogP contribution is 2.25. The van der Waals surface area contributed by atoms with Gasteiger partial charge >= 0.3 is 0 Å². The number of carbonyl (C=O) groups is 1. The number of hydrogen-bond acceptors (Lipinski definition) is 3. The van der Waals surface area contributed by atoms with Crippen LogP contribution in [0.3, 0.4) is 0 Å². The summed E-state index contributed by atoms with van der Waals surface area (Å²) in [5, 5.41) is 13.1. The van der Waals surface area contributed by atoms with E-state index >= 15 is 0 Å². The second kappa shape index (κ2) is 4.66. The Balaban J connectivity index is 2.29. The third-order valence-corrected chi connectivity index (χ3v) is 2.25. The molecule has 2 aromatic rings. The Morgan fingerprint density at radius 2 is 2.17 bits per heavy atom. The molecule has 0 aliphatic heterocycles. The molecule has 2 rings (SSSR count). The van der Waals surface area contributed by atoms with Crippen molar-refractivity contribution < 1.29 is 14.1 Å². The van der Waals surface area contributed by atoms with E-state index in [-0.39, 0.29) is 11.4 Å². The molecule has 1 aromatic carbocycles. The molecule has 0 bridgehead atoms. The summed E-state index contributed by atoms with van der Waals surface area (Å²) in [5.41, 5.74) is -0.287. The molecule has 0 saturated carbocycles. The summed E-state index contributed by atoms with van der Waals surface area (Å²) in [6.07, 6.45) is 1.55. The number of amides is 1. The van der Waals surface area contributed by atoms with E-state index in [4.69, 9.17) is 0 Å². The van der Waals surface area contributed by atoms with Gasteiger partial charge in [-0.1, -0.05) is 0 Å². The Labute approximate surface area is 101 Å². The van der Waals surface area contributed by atoms with Gasteiger partial charge in [0.1, 0.15) is 17.2 Å². The molecule has 0 spiro atoms. The van der Waals surface area contributed by atoms with Crippen LogP contribution in [0.15, 0.2) is 36.5 Å². The normalized spacial score (nSPS) is 10.1. The quantitative estimate of drug-likeness (QED) is 0.646. The molecular weight excluding hydrogens is 241 g/mol. The minimum absolute atomic E-state index is 0.0546. The third kappa shape index (κ3) is 2.34. The van der Waals surface area contributed by atoms with Crippen LogP contribution < -0.4 is 5.32 Å². The van der Waals surface area contributed by atoms with Gasteiger partial charge in [0.15, 0.2) is 0 Å². The first kappa shape index (κ1) is 11.8. The molecule has 0 unspecified atom stereocenters. The summed E-state index contributed by atoms with van der Waals surface area (Å²) in [6, 6.07) is 6.08. The lowest BCUT2D eigenvalue weighted by atomic mass is 10.2. The number of benzene rings is 1. The molecular formula is C11H8FN3O3. The van der Waals surface area contributed by atoms with Crippen molar-refractivity contribution in [1.29, 1.82) is 0 Å². The lowest BCUT2D eigenvalue weighted by Gasteiger charge is -2.04. The number of rotatable bonds is 3. The van der Waals surface area contributed by atoms with Crippen LogP contribution in [0.4, 0.5) is 15.8 Å². The molecule has 1 amide bonds. The number of nitrogens with zero attached hydrogens (tertiary/aromatic N) is 1. The van der Waals surface area contributed by atoms with Gasteiger partial charge in [-0.2, -0.15) is 0 Å². The lowest BCUT2D eigenvalue weighted by molar-refractivity contribution is -0.384. The summed E-state index contributed by atoms with van der Waals surface area (Å²) in [5.74, 6) is -1.27. The number of H-pyrrole nitrogens is 1. The maximum Gasteiger partial charge on any atom is 0.295 e. The summed E-state index contributed by atoms with van der Waals surface area (Å²) >= 11 is 0. The maximum absolute atomic E-state index is 12.9. The number of aromatic amines is 1. The number of anilines is 1. The van der Waals surface area contributed by atoms with E-state index in [2.05, 4.69) is 10.3 Å². The summed E-state index contributed by atoms with van der Waals surface area (Å²) in [7, 11) is 0. The van der Waals surface area contributed by atoms with Crippen LogP contribution in [-0.4, -0.2) is 15.8 Å². The van der Waals surface area contributed by atoms with Crippen molar-refractivity contribution in [3.05, 3.63) is 58.2 Å². The smallest absolute Gasteiger partial charge is 0.295 e. The van der Waals surface area contributed by atoms with Crippen molar-refractivity contribution in [3.8, 4) is 0 Å². The lowest BCUT2D eigenvalue weighted by Crippen LogP contribution is -2.13. The second-order valence-electron chi connectivity index (χ2n) is 3.46. The van der Waals surface area contributed by atoms with Crippen molar-refractivity contribution in [2.45, 2.75) is 0 Å². The average molecular weight is 249 g/mol. The summed E-state index contributed by atoms with van der Waals surface area (Å²) in [4.78, 5) is 24.3. The van der Waals surface area contributed by atoms with Gasteiger partial charge in [-0.3, -0.25) is 14.9 Å². The third-order valence-electron chi connectivity index (χ3n) is 2.25. The van der Waals surface area contributed by atoms with E-state index in [1.54, 1.807) is 12.3 Å². The van der Waals surface area contributed by atoms with E-state index in [0.717, 1.165) is 18.2 Å². The highest BCUT2D eigenvalue weighted by molar-refractivity contribution is 6.04. The van der Waals surface area contributed by atoms with Crippen LogP contribution in [0.2, 0.25) is 0 Å². The molecule has 0 saturated heterocycles. The van der Waals surface area contributed by atoms with Gasteiger partial charge < -0.3 is 10.3 Å². The molecule has 0 atom stereocenters. The zero-order valence-electron chi connectivity index (χ0n) is 9.01. The minimum atomic E-state index is -0.757. The van der Waals surface area contributed by atoms with E-state index in [1.165, 1.54) is 6.07 Å². The SMILES string of the molecule is O=C(Nc1ccc(F)cc1[N+](=O)[O-])c1ccc[nH]1. The zero-order chi connectivity index (χ0) is 13.1. The van der Waals surface area contributed by atoms with Gasteiger partial charge in [0, 0.05) is 6.20 Å². The minimum Gasteiger partial charge on any atom is -0.357 e. The molecule has 1 heterocycles. The molecule has 6 nitrogen and oxygen atoms in total. The number of carbonyl (C=O) groups excluding carboxylic acids is 1. The molecule has 0 aliphatic rings. The van der Waals surface area contributed by atoms with Crippen LogP contribution in [0.25, 0.3) is 0 Å². The van der Waals surface area contributed by atoms with Crippen LogP contribution in [0.1, 0.15) is 10.5 Å². The number of halogens is 1.